The quantitative estimate of drug-likeness (QED) is 0.575. The van der Waals surface area contributed by atoms with E-state index in [9.17, 15) is 9.59 Å². The molecule has 9 heteroatoms. The molecule has 3 heterocycles. The number of para-hydroxylation sites is 2. The van der Waals surface area contributed by atoms with Gasteiger partial charge in [-0.3, -0.25) is 14.9 Å². The average molecular weight is 368 g/mol. The van der Waals surface area contributed by atoms with E-state index in [-0.39, 0.29) is 30.3 Å². The Hall–Kier alpha value is -3.07. The van der Waals surface area contributed by atoms with Crippen molar-refractivity contribution in [1.29, 1.82) is 0 Å². The number of nitrogens with one attached hydrogen (secondary N) is 2. The van der Waals surface area contributed by atoms with E-state index in [1.165, 1.54) is 11.3 Å². The van der Waals surface area contributed by atoms with Gasteiger partial charge in [0.2, 0.25) is 16.8 Å². The minimum atomic E-state index is -0.275. The number of nitrogens with zero attached hydrogens (tertiary/aromatic N) is 4. The first-order valence-electron chi connectivity index (χ1n) is 8.12. The van der Waals surface area contributed by atoms with E-state index in [1.807, 2.05) is 32.0 Å². The van der Waals surface area contributed by atoms with Crippen molar-refractivity contribution in [1.82, 2.24) is 24.6 Å². The summed E-state index contributed by atoms with van der Waals surface area (Å²) in [4.78, 5) is 37.6. The van der Waals surface area contributed by atoms with Crippen LogP contribution in [0, 0.1) is 13.8 Å². The lowest BCUT2D eigenvalue weighted by molar-refractivity contribution is -0.116. The molecular weight excluding hydrogens is 352 g/mol. The fourth-order valence-corrected chi connectivity index (χ4v) is 3.56. The smallest absolute Gasteiger partial charge is 0.270 e. The Bertz CT molecular complexity index is 1190. The van der Waals surface area contributed by atoms with Gasteiger partial charge in [-0.2, -0.15) is 4.98 Å². The molecule has 0 aliphatic carbocycles. The maximum absolute atomic E-state index is 12.2. The van der Waals surface area contributed by atoms with Crippen molar-refractivity contribution in [3.8, 4) is 0 Å². The number of aromatic nitrogens is 5. The molecule has 0 spiro atoms. The molecule has 0 aliphatic heterocycles. The third-order valence-electron chi connectivity index (χ3n) is 4.16. The molecule has 26 heavy (non-hydrogen) atoms. The fourth-order valence-electron chi connectivity index (χ4n) is 2.65. The van der Waals surface area contributed by atoms with Crippen LogP contribution in [0.5, 0.6) is 0 Å². The highest BCUT2D eigenvalue weighted by molar-refractivity contribution is 7.17. The summed E-state index contributed by atoms with van der Waals surface area (Å²) in [5.74, 6) is 0.0108. The number of fused-ring (bicyclic) bond motifs is 2. The molecule has 0 saturated carbocycles. The van der Waals surface area contributed by atoms with Crippen molar-refractivity contribution in [3.63, 3.8) is 0 Å². The number of thiazole rings is 1. The van der Waals surface area contributed by atoms with Gasteiger partial charge in [0.15, 0.2) is 0 Å². The van der Waals surface area contributed by atoms with Crippen LogP contribution < -0.4 is 10.9 Å². The van der Waals surface area contributed by atoms with Gasteiger partial charge in [0.05, 0.1) is 16.7 Å². The van der Waals surface area contributed by atoms with Gasteiger partial charge in [-0.15, -0.1) is 5.10 Å². The van der Waals surface area contributed by atoms with Gasteiger partial charge in [-0.25, -0.2) is 9.50 Å². The lowest BCUT2D eigenvalue weighted by Gasteiger charge is -2.03. The topological polar surface area (TPSA) is 105 Å². The molecule has 1 amide bonds. The molecule has 0 radical (unpaired) electrons. The van der Waals surface area contributed by atoms with Crippen molar-refractivity contribution in [2.75, 3.05) is 5.32 Å². The number of carbonyl (C=O) groups is 1. The summed E-state index contributed by atoms with van der Waals surface area (Å²) in [7, 11) is 0. The minimum Gasteiger partial charge on any atom is -0.319 e. The molecule has 3 aromatic heterocycles. The highest BCUT2D eigenvalue weighted by Crippen LogP contribution is 2.21. The molecule has 132 valence electrons. The Balaban J connectivity index is 1.46. The maximum Gasteiger partial charge on any atom is 0.270 e. The highest BCUT2D eigenvalue weighted by Gasteiger charge is 2.13. The van der Waals surface area contributed by atoms with E-state index in [1.54, 1.807) is 10.6 Å². The number of rotatable bonds is 4. The van der Waals surface area contributed by atoms with Gasteiger partial charge >= 0.3 is 0 Å². The number of anilines is 1. The van der Waals surface area contributed by atoms with Gasteiger partial charge in [0, 0.05) is 17.7 Å². The zero-order valence-corrected chi connectivity index (χ0v) is 15.1. The number of carbonyl (C=O) groups excluding carboxylic acids is 1. The van der Waals surface area contributed by atoms with Gasteiger partial charge in [-0.05, 0) is 26.0 Å². The Kier molecular flexibility index (Phi) is 4.00. The number of aryl methyl sites for hydroxylation is 3. The number of amides is 1. The van der Waals surface area contributed by atoms with E-state index in [0.29, 0.717) is 16.7 Å². The zero-order chi connectivity index (χ0) is 18.3. The summed E-state index contributed by atoms with van der Waals surface area (Å²) in [5.41, 5.74) is 2.44. The summed E-state index contributed by atoms with van der Waals surface area (Å²) in [6.45, 7) is 3.96. The third-order valence-corrected chi connectivity index (χ3v) is 5.21. The molecular formula is C17H16N6O2S. The molecule has 4 rings (SSSR count). The normalized spacial score (nSPS) is 11.3. The first kappa shape index (κ1) is 16.4. The second-order valence-electron chi connectivity index (χ2n) is 5.95. The average Bonchev–Trinajstić information content (AvgIpc) is 3.11. The molecule has 0 aliphatic rings. The van der Waals surface area contributed by atoms with Gasteiger partial charge in [0.1, 0.15) is 5.69 Å². The van der Waals surface area contributed by atoms with Crippen molar-refractivity contribution in [2.24, 2.45) is 0 Å². The van der Waals surface area contributed by atoms with Gasteiger partial charge in [0.25, 0.3) is 5.56 Å². The van der Waals surface area contributed by atoms with Crippen molar-refractivity contribution < 1.29 is 4.79 Å². The third kappa shape index (κ3) is 2.97. The van der Waals surface area contributed by atoms with Crippen LogP contribution in [0.15, 0.2) is 29.1 Å². The first-order valence-corrected chi connectivity index (χ1v) is 8.93. The lowest BCUT2D eigenvalue weighted by Crippen LogP contribution is -2.19. The Morgan fingerprint density at radius 2 is 2.08 bits per heavy atom. The van der Waals surface area contributed by atoms with Gasteiger partial charge < -0.3 is 4.98 Å². The standard InChI is InChI=1S/C17H16N6O2S/c1-9-10(2)26-17-21-16(22-23(9)17)20-14(24)8-7-13-15(25)19-12-6-4-3-5-11(12)18-13/h3-6H,7-8H2,1-2H3,(H,19,25)(H,20,22,24). The van der Waals surface area contributed by atoms with Crippen LogP contribution in [0.2, 0.25) is 0 Å². The maximum atomic E-state index is 12.2. The van der Waals surface area contributed by atoms with E-state index in [4.69, 9.17) is 0 Å². The second kappa shape index (κ2) is 6.34. The highest BCUT2D eigenvalue weighted by atomic mass is 32.1. The Morgan fingerprint density at radius 1 is 1.27 bits per heavy atom. The van der Waals surface area contributed by atoms with E-state index in [0.717, 1.165) is 15.5 Å². The number of hydrogen-bond donors (Lipinski definition) is 2. The largest absolute Gasteiger partial charge is 0.319 e. The Morgan fingerprint density at radius 3 is 2.88 bits per heavy atom. The summed E-state index contributed by atoms with van der Waals surface area (Å²) < 4.78 is 1.71. The first-order chi connectivity index (χ1) is 12.5. The van der Waals surface area contributed by atoms with E-state index >= 15 is 0 Å². The molecule has 0 bridgehead atoms. The second-order valence-corrected chi connectivity index (χ2v) is 7.13. The summed E-state index contributed by atoms with van der Waals surface area (Å²) in [5, 5.41) is 6.96. The van der Waals surface area contributed by atoms with Crippen LogP contribution in [0.3, 0.4) is 0 Å². The molecule has 2 N–H and O–H groups in total. The summed E-state index contributed by atoms with van der Waals surface area (Å²) >= 11 is 1.52. The van der Waals surface area contributed by atoms with Crippen molar-refractivity contribution in [3.05, 3.63) is 50.9 Å². The molecule has 0 unspecified atom stereocenters. The van der Waals surface area contributed by atoms with Crippen LogP contribution in [0.1, 0.15) is 22.7 Å². The van der Waals surface area contributed by atoms with Crippen LogP contribution in [-0.2, 0) is 11.2 Å². The molecule has 0 saturated heterocycles. The molecule has 0 atom stereocenters. The van der Waals surface area contributed by atoms with Crippen LogP contribution in [0.25, 0.3) is 16.0 Å². The number of aromatic amines is 1. The van der Waals surface area contributed by atoms with Crippen LogP contribution >= 0.6 is 11.3 Å². The SMILES string of the molecule is Cc1sc2nc(NC(=O)CCc3nc4ccccc4[nH]c3=O)nn2c1C. The lowest BCUT2D eigenvalue weighted by atomic mass is 10.2. The Labute approximate surface area is 151 Å². The molecule has 0 fully saturated rings. The molecule has 8 nitrogen and oxygen atoms in total. The summed E-state index contributed by atoms with van der Waals surface area (Å²) in [6.07, 6.45) is 0.367. The van der Waals surface area contributed by atoms with E-state index < -0.39 is 0 Å². The zero-order valence-electron chi connectivity index (χ0n) is 14.2. The number of benzene rings is 1. The van der Waals surface area contributed by atoms with Crippen molar-refractivity contribution >= 4 is 39.2 Å². The van der Waals surface area contributed by atoms with Crippen LogP contribution in [-0.4, -0.2) is 30.5 Å². The summed E-state index contributed by atoms with van der Waals surface area (Å²) in [6, 6.07) is 7.30. The number of H-pyrrole nitrogens is 1. The predicted octanol–water partition coefficient (Wildman–Crippen LogP) is 2.22. The van der Waals surface area contributed by atoms with Gasteiger partial charge in [-0.1, -0.05) is 23.5 Å². The van der Waals surface area contributed by atoms with Crippen LogP contribution in [0.4, 0.5) is 5.95 Å². The van der Waals surface area contributed by atoms with E-state index in [2.05, 4.69) is 25.4 Å². The monoisotopic (exact) mass is 368 g/mol. The molecule has 1 aromatic carbocycles. The predicted molar refractivity (Wildman–Crippen MR) is 99.7 cm³/mol. The molecule has 4 aromatic rings. The minimum absolute atomic E-state index is 0.124. The fraction of sp³-hybridized carbons (Fsp3) is 0.235. The number of hydrogen-bond acceptors (Lipinski definition) is 6. The van der Waals surface area contributed by atoms with Crippen molar-refractivity contribution in [2.45, 2.75) is 26.7 Å².